The summed E-state index contributed by atoms with van der Waals surface area (Å²) in [6.45, 7) is 0. The molecule has 1 amide bonds. The lowest BCUT2D eigenvalue weighted by atomic mass is 10.2. The summed E-state index contributed by atoms with van der Waals surface area (Å²) in [4.78, 5) is 16.0. The maximum absolute atomic E-state index is 11.7. The zero-order chi connectivity index (χ0) is 13.1. The number of nitrogens with one attached hydrogen (secondary N) is 2. The van der Waals surface area contributed by atoms with Gasteiger partial charge in [0.15, 0.2) is 5.13 Å². The normalized spacial score (nSPS) is 10.3. The van der Waals surface area contributed by atoms with Crippen molar-refractivity contribution in [2.45, 2.75) is 0 Å². The second kappa shape index (κ2) is 4.94. The molecule has 0 bridgehead atoms. The van der Waals surface area contributed by atoms with E-state index in [1.54, 1.807) is 0 Å². The number of amides is 1. The third kappa shape index (κ3) is 2.47. The first-order valence-corrected chi connectivity index (χ1v) is 6.27. The summed E-state index contributed by atoms with van der Waals surface area (Å²) in [7, 11) is 0. The predicted molar refractivity (Wildman–Crippen MR) is 69.7 cm³/mol. The average Bonchev–Trinajstić information content (AvgIpc) is 3.11. The molecule has 0 spiro atoms. The molecule has 0 unspecified atom stereocenters. The van der Waals surface area contributed by atoms with Gasteiger partial charge in [-0.15, -0.1) is 16.4 Å². The second-order valence-corrected chi connectivity index (χ2v) is 4.47. The number of rotatable bonds is 3. The van der Waals surface area contributed by atoms with Gasteiger partial charge in [0.05, 0.1) is 5.69 Å². The van der Waals surface area contributed by atoms with Gasteiger partial charge < -0.3 is 0 Å². The first kappa shape index (κ1) is 11.5. The van der Waals surface area contributed by atoms with Gasteiger partial charge in [0.1, 0.15) is 0 Å². The molecule has 3 aromatic rings. The molecule has 2 heterocycles. The van der Waals surface area contributed by atoms with Gasteiger partial charge >= 0.3 is 0 Å². The fourth-order valence-electron chi connectivity index (χ4n) is 1.48. The number of aromatic amines is 1. The number of hydrogen-bond donors (Lipinski definition) is 2. The van der Waals surface area contributed by atoms with Gasteiger partial charge in [0, 0.05) is 10.9 Å². The molecular weight excluding hydrogens is 264 g/mol. The Kier molecular flexibility index (Phi) is 2.99. The van der Waals surface area contributed by atoms with Crippen LogP contribution in [0, 0.1) is 0 Å². The van der Waals surface area contributed by atoms with E-state index in [0.29, 0.717) is 5.13 Å². The van der Waals surface area contributed by atoms with Crippen molar-refractivity contribution >= 4 is 22.4 Å². The molecule has 3 rings (SSSR count). The highest BCUT2D eigenvalue weighted by atomic mass is 32.1. The van der Waals surface area contributed by atoms with Gasteiger partial charge in [-0.3, -0.25) is 10.1 Å². The van der Waals surface area contributed by atoms with Gasteiger partial charge in [0.25, 0.3) is 5.91 Å². The number of carbonyl (C=O) groups excluding carboxylic acids is 1. The molecule has 2 aromatic heterocycles. The molecule has 0 saturated carbocycles. The van der Waals surface area contributed by atoms with Gasteiger partial charge in [-0.25, -0.2) is 10.1 Å². The highest BCUT2D eigenvalue weighted by molar-refractivity contribution is 7.14. The van der Waals surface area contributed by atoms with E-state index < -0.39 is 5.91 Å². The Morgan fingerprint density at radius 2 is 2.11 bits per heavy atom. The van der Waals surface area contributed by atoms with Crippen molar-refractivity contribution in [2.75, 3.05) is 5.32 Å². The number of tetrazole rings is 1. The van der Waals surface area contributed by atoms with E-state index in [9.17, 15) is 4.79 Å². The van der Waals surface area contributed by atoms with Crippen molar-refractivity contribution in [3.8, 4) is 11.3 Å². The van der Waals surface area contributed by atoms with Crippen LogP contribution in [0.4, 0.5) is 5.13 Å². The molecule has 0 atom stereocenters. The standard InChI is InChI=1S/C11H8N6OS/c18-10(9-14-16-17-15-9)13-11-12-8(6-19-11)7-4-2-1-3-5-7/h1-6H,(H,12,13,18)(H,14,15,16,17). The first-order valence-electron chi connectivity index (χ1n) is 5.39. The third-order valence-corrected chi connectivity index (χ3v) is 3.11. The topological polar surface area (TPSA) is 96.5 Å². The number of H-pyrrole nitrogens is 1. The molecule has 94 valence electrons. The zero-order valence-electron chi connectivity index (χ0n) is 9.57. The molecule has 0 fully saturated rings. The molecule has 0 saturated heterocycles. The number of carbonyl (C=O) groups is 1. The summed E-state index contributed by atoms with van der Waals surface area (Å²) >= 11 is 1.34. The zero-order valence-corrected chi connectivity index (χ0v) is 10.4. The van der Waals surface area contributed by atoms with Gasteiger partial charge in [0.2, 0.25) is 5.82 Å². The Bertz CT molecular complexity index is 678. The minimum Gasteiger partial charge on any atom is -0.295 e. The number of nitrogens with zero attached hydrogens (tertiary/aromatic N) is 4. The summed E-state index contributed by atoms with van der Waals surface area (Å²) in [6.07, 6.45) is 0. The van der Waals surface area contributed by atoms with Crippen molar-refractivity contribution in [1.82, 2.24) is 25.6 Å². The molecule has 0 radical (unpaired) electrons. The summed E-state index contributed by atoms with van der Waals surface area (Å²) in [5.74, 6) is -0.365. The Morgan fingerprint density at radius 1 is 1.26 bits per heavy atom. The summed E-state index contributed by atoms with van der Waals surface area (Å²) in [5, 5.41) is 17.6. The lowest BCUT2D eigenvalue weighted by Gasteiger charge is -1.96. The SMILES string of the molecule is O=C(Nc1nc(-c2ccccc2)cs1)c1nnn[nH]1. The van der Waals surface area contributed by atoms with Gasteiger partial charge in [-0.1, -0.05) is 30.3 Å². The Hall–Kier alpha value is -2.61. The fraction of sp³-hybridized carbons (Fsp3) is 0. The molecule has 0 aliphatic heterocycles. The van der Waals surface area contributed by atoms with E-state index in [2.05, 4.69) is 30.9 Å². The van der Waals surface area contributed by atoms with E-state index in [1.807, 2.05) is 35.7 Å². The summed E-state index contributed by atoms with van der Waals surface area (Å²) in [5.41, 5.74) is 1.82. The molecule has 19 heavy (non-hydrogen) atoms. The van der Waals surface area contributed by atoms with E-state index in [0.717, 1.165) is 11.3 Å². The summed E-state index contributed by atoms with van der Waals surface area (Å²) < 4.78 is 0. The smallest absolute Gasteiger partial charge is 0.295 e. The highest BCUT2D eigenvalue weighted by Crippen LogP contribution is 2.24. The Labute approximate surface area is 111 Å². The van der Waals surface area contributed by atoms with Crippen molar-refractivity contribution in [2.24, 2.45) is 0 Å². The van der Waals surface area contributed by atoms with Crippen LogP contribution in [0.15, 0.2) is 35.7 Å². The van der Waals surface area contributed by atoms with Gasteiger partial charge in [-0.2, -0.15) is 0 Å². The minimum atomic E-state index is -0.418. The number of anilines is 1. The first-order chi connectivity index (χ1) is 9.33. The van der Waals surface area contributed by atoms with Crippen LogP contribution in [0.1, 0.15) is 10.6 Å². The van der Waals surface area contributed by atoms with E-state index in [-0.39, 0.29) is 5.82 Å². The average molecular weight is 272 g/mol. The van der Waals surface area contributed by atoms with Crippen LogP contribution >= 0.6 is 11.3 Å². The lowest BCUT2D eigenvalue weighted by molar-refractivity contribution is 0.101. The minimum absolute atomic E-state index is 0.0523. The predicted octanol–water partition coefficient (Wildman–Crippen LogP) is 1.58. The highest BCUT2D eigenvalue weighted by Gasteiger charge is 2.12. The van der Waals surface area contributed by atoms with Crippen molar-refractivity contribution < 1.29 is 4.79 Å². The largest absolute Gasteiger partial charge is 0.296 e. The molecule has 7 nitrogen and oxygen atoms in total. The van der Waals surface area contributed by atoms with Crippen LogP contribution in [-0.2, 0) is 0 Å². The lowest BCUT2D eigenvalue weighted by Crippen LogP contribution is -2.13. The van der Waals surface area contributed by atoms with Crippen LogP contribution in [-0.4, -0.2) is 31.5 Å². The van der Waals surface area contributed by atoms with E-state index in [1.165, 1.54) is 11.3 Å². The number of hydrogen-bond acceptors (Lipinski definition) is 6. The Morgan fingerprint density at radius 3 is 2.84 bits per heavy atom. The molecule has 8 heteroatoms. The monoisotopic (exact) mass is 272 g/mol. The van der Waals surface area contributed by atoms with E-state index >= 15 is 0 Å². The second-order valence-electron chi connectivity index (χ2n) is 3.61. The molecular formula is C11H8N6OS. The number of thiazole rings is 1. The molecule has 1 aromatic carbocycles. The molecule has 0 aliphatic rings. The maximum atomic E-state index is 11.7. The van der Waals surface area contributed by atoms with Crippen molar-refractivity contribution in [3.05, 3.63) is 41.5 Å². The maximum Gasteiger partial charge on any atom is 0.296 e. The molecule has 0 aliphatic carbocycles. The number of aromatic nitrogens is 5. The van der Waals surface area contributed by atoms with E-state index in [4.69, 9.17) is 0 Å². The Balaban J connectivity index is 1.77. The van der Waals surface area contributed by atoms with Crippen LogP contribution in [0.2, 0.25) is 0 Å². The van der Waals surface area contributed by atoms with Crippen molar-refractivity contribution in [3.63, 3.8) is 0 Å². The number of benzene rings is 1. The quantitative estimate of drug-likeness (QED) is 0.754. The van der Waals surface area contributed by atoms with Crippen LogP contribution in [0.25, 0.3) is 11.3 Å². The summed E-state index contributed by atoms with van der Waals surface area (Å²) in [6, 6.07) is 9.73. The van der Waals surface area contributed by atoms with Crippen LogP contribution in [0.3, 0.4) is 0 Å². The fourth-order valence-corrected chi connectivity index (χ4v) is 2.20. The van der Waals surface area contributed by atoms with Crippen LogP contribution in [0.5, 0.6) is 0 Å². The van der Waals surface area contributed by atoms with Crippen LogP contribution < -0.4 is 5.32 Å². The third-order valence-electron chi connectivity index (χ3n) is 2.35. The van der Waals surface area contributed by atoms with Gasteiger partial charge in [-0.05, 0) is 10.4 Å². The van der Waals surface area contributed by atoms with Crippen molar-refractivity contribution in [1.29, 1.82) is 0 Å². The molecule has 2 N–H and O–H groups in total.